The van der Waals surface area contributed by atoms with E-state index in [-0.39, 0.29) is 25.1 Å². The molecule has 0 radical (unpaired) electrons. The Labute approximate surface area is 116 Å². The van der Waals surface area contributed by atoms with Gasteiger partial charge in [-0.05, 0) is 29.3 Å². The number of aliphatic carboxylic acids is 1. The molecule has 0 heterocycles. The van der Waals surface area contributed by atoms with Crippen LogP contribution >= 0.6 is 0 Å². The highest BCUT2D eigenvalue weighted by atomic mass is 16.4. The average molecular weight is 272 g/mol. The summed E-state index contributed by atoms with van der Waals surface area (Å²) >= 11 is 0. The first kappa shape index (κ1) is 14.0. The van der Waals surface area contributed by atoms with Crippen molar-refractivity contribution in [2.45, 2.75) is 12.8 Å². The highest BCUT2D eigenvalue weighted by molar-refractivity contribution is 5.94. The van der Waals surface area contributed by atoms with Crippen LogP contribution in [-0.4, -0.2) is 28.4 Å². The standard InChI is InChI=1S/C15H16N2O3/c16-9-12(5-6-15(19)20)17-13-7-10-3-1-2-4-11(10)8-14(13)18/h1-4,7-8,18H,5-6,9,16H2,(H,19,20). The normalized spacial score (nSPS) is 11.8. The molecule has 0 aliphatic carbocycles. The van der Waals surface area contributed by atoms with Crippen LogP contribution in [0.15, 0.2) is 41.4 Å². The summed E-state index contributed by atoms with van der Waals surface area (Å²) in [4.78, 5) is 14.8. The second-order valence-electron chi connectivity index (χ2n) is 4.46. The van der Waals surface area contributed by atoms with Crippen LogP contribution in [0, 0.1) is 0 Å². The predicted octanol–water partition coefficient (Wildman–Crippen LogP) is 2.44. The van der Waals surface area contributed by atoms with E-state index in [4.69, 9.17) is 10.8 Å². The Morgan fingerprint density at radius 3 is 2.40 bits per heavy atom. The number of carboxylic acids is 1. The SMILES string of the molecule is NCC(CCC(=O)O)=Nc1cc2ccccc2cc1O. The zero-order valence-electron chi connectivity index (χ0n) is 10.9. The number of hydrogen-bond acceptors (Lipinski definition) is 4. The first-order valence-electron chi connectivity index (χ1n) is 6.30. The molecule has 5 heteroatoms. The van der Waals surface area contributed by atoms with Crippen LogP contribution in [0.5, 0.6) is 5.75 Å². The van der Waals surface area contributed by atoms with Crippen LogP contribution in [0.4, 0.5) is 5.69 Å². The maximum Gasteiger partial charge on any atom is 0.303 e. The van der Waals surface area contributed by atoms with E-state index in [9.17, 15) is 9.90 Å². The Morgan fingerprint density at radius 2 is 1.80 bits per heavy atom. The number of phenols is 1. The van der Waals surface area contributed by atoms with Crippen molar-refractivity contribution in [1.82, 2.24) is 0 Å². The average Bonchev–Trinajstić information content (AvgIpc) is 2.43. The van der Waals surface area contributed by atoms with E-state index in [0.717, 1.165) is 10.8 Å². The number of fused-ring (bicyclic) bond motifs is 1. The van der Waals surface area contributed by atoms with E-state index in [1.54, 1.807) is 12.1 Å². The van der Waals surface area contributed by atoms with E-state index in [0.29, 0.717) is 11.4 Å². The molecule has 2 aromatic carbocycles. The Bertz CT molecular complexity index is 665. The molecule has 0 saturated heterocycles. The summed E-state index contributed by atoms with van der Waals surface area (Å²) in [5.41, 5.74) is 6.53. The molecule has 0 aliphatic rings. The lowest BCUT2D eigenvalue weighted by Gasteiger charge is -2.06. The molecule has 0 amide bonds. The van der Waals surface area contributed by atoms with Gasteiger partial charge in [0.15, 0.2) is 0 Å². The van der Waals surface area contributed by atoms with E-state index in [1.165, 1.54) is 0 Å². The molecule has 0 bridgehead atoms. The smallest absolute Gasteiger partial charge is 0.303 e. The summed E-state index contributed by atoms with van der Waals surface area (Å²) in [6.45, 7) is 0.166. The van der Waals surface area contributed by atoms with Gasteiger partial charge in [0.2, 0.25) is 0 Å². The molecule has 0 spiro atoms. The third kappa shape index (κ3) is 3.33. The Hall–Kier alpha value is -2.40. The van der Waals surface area contributed by atoms with Gasteiger partial charge in [-0.1, -0.05) is 24.3 Å². The van der Waals surface area contributed by atoms with Crippen molar-refractivity contribution < 1.29 is 15.0 Å². The fourth-order valence-electron chi connectivity index (χ4n) is 1.93. The van der Waals surface area contributed by atoms with Crippen molar-refractivity contribution in [3.05, 3.63) is 36.4 Å². The van der Waals surface area contributed by atoms with Crippen molar-refractivity contribution in [2.75, 3.05) is 6.54 Å². The minimum atomic E-state index is -0.895. The third-order valence-electron chi connectivity index (χ3n) is 2.98. The lowest BCUT2D eigenvalue weighted by molar-refractivity contribution is -0.136. The molecule has 20 heavy (non-hydrogen) atoms. The first-order chi connectivity index (χ1) is 9.60. The van der Waals surface area contributed by atoms with Crippen molar-refractivity contribution in [1.29, 1.82) is 0 Å². The molecular formula is C15H16N2O3. The highest BCUT2D eigenvalue weighted by Gasteiger charge is 2.06. The minimum absolute atomic E-state index is 0.0234. The number of aliphatic imine (C=N–C) groups is 1. The highest BCUT2D eigenvalue weighted by Crippen LogP contribution is 2.31. The van der Waals surface area contributed by atoms with E-state index in [1.807, 2.05) is 24.3 Å². The van der Waals surface area contributed by atoms with E-state index in [2.05, 4.69) is 4.99 Å². The van der Waals surface area contributed by atoms with Gasteiger partial charge >= 0.3 is 5.97 Å². The zero-order valence-corrected chi connectivity index (χ0v) is 10.9. The number of rotatable bonds is 5. The number of aromatic hydroxyl groups is 1. The molecule has 0 unspecified atom stereocenters. The van der Waals surface area contributed by atoms with Gasteiger partial charge in [0, 0.05) is 12.3 Å². The molecule has 5 nitrogen and oxygen atoms in total. The number of nitrogens with two attached hydrogens (primary N) is 1. The van der Waals surface area contributed by atoms with Gasteiger partial charge in [-0.3, -0.25) is 9.79 Å². The molecule has 2 rings (SSSR count). The van der Waals surface area contributed by atoms with Gasteiger partial charge in [0.1, 0.15) is 11.4 Å². The number of carbonyl (C=O) groups is 1. The molecule has 104 valence electrons. The maximum atomic E-state index is 10.6. The quantitative estimate of drug-likeness (QED) is 0.728. The lowest BCUT2D eigenvalue weighted by Crippen LogP contribution is -2.15. The van der Waals surface area contributed by atoms with Crippen LogP contribution < -0.4 is 5.73 Å². The van der Waals surface area contributed by atoms with Gasteiger partial charge in [0.25, 0.3) is 0 Å². The number of benzene rings is 2. The van der Waals surface area contributed by atoms with Gasteiger partial charge < -0.3 is 15.9 Å². The molecule has 0 aliphatic heterocycles. The summed E-state index contributed by atoms with van der Waals surface area (Å²) in [6, 6.07) is 11.0. The number of hydrogen-bond donors (Lipinski definition) is 3. The van der Waals surface area contributed by atoms with Crippen molar-refractivity contribution in [3.8, 4) is 5.75 Å². The van der Waals surface area contributed by atoms with Crippen LogP contribution in [0.1, 0.15) is 12.8 Å². The topological polar surface area (TPSA) is 95.9 Å². The summed E-state index contributed by atoms with van der Waals surface area (Å²) in [6.07, 6.45) is 0.252. The van der Waals surface area contributed by atoms with Crippen molar-refractivity contribution in [3.63, 3.8) is 0 Å². The van der Waals surface area contributed by atoms with Crippen molar-refractivity contribution >= 4 is 28.1 Å². The van der Waals surface area contributed by atoms with Gasteiger partial charge in [-0.15, -0.1) is 0 Å². The summed E-state index contributed by atoms with van der Waals surface area (Å²) in [5.74, 6) is -0.834. The second-order valence-corrected chi connectivity index (χ2v) is 4.46. The summed E-state index contributed by atoms with van der Waals surface area (Å²) in [5, 5.41) is 20.5. The zero-order chi connectivity index (χ0) is 14.5. The minimum Gasteiger partial charge on any atom is -0.506 e. The predicted molar refractivity (Wildman–Crippen MR) is 78.6 cm³/mol. The van der Waals surface area contributed by atoms with Gasteiger partial charge in [0.05, 0.1) is 6.42 Å². The number of nitrogens with zero attached hydrogens (tertiary/aromatic N) is 1. The monoisotopic (exact) mass is 272 g/mol. The molecule has 0 saturated carbocycles. The molecule has 2 aromatic rings. The Kier molecular flexibility index (Phi) is 4.32. The van der Waals surface area contributed by atoms with Crippen molar-refractivity contribution in [2.24, 2.45) is 10.7 Å². The molecular weight excluding hydrogens is 256 g/mol. The maximum absolute atomic E-state index is 10.6. The summed E-state index contributed by atoms with van der Waals surface area (Å²) < 4.78 is 0. The van der Waals surface area contributed by atoms with Gasteiger partial charge in [-0.25, -0.2) is 0 Å². The Balaban J connectivity index is 2.35. The molecule has 4 N–H and O–H groups in total. The molecule has 0 aromatic heterocycles. The Morgan fingerprint density at radius 1 is 1.15 bits per heavy atom. The summed E-state index contributed by atoms with van der Waals surface area (Å²) in [7, 11) is 0. The van der Waals surface area contributed by atoms with Crippen LogP contribution in [0.3, 0.4) is 0 Å². The van der Waals surface area contributed by atoms with Crippen LogP contribution in [0.2, 0.25) is 0 Å². The number of phenolic OH excluding ortho intramolecular Hbond substituents is 1. The molecule has 0 fully saturated rings. The van der Waals surface area contributed by atoms with Crippen LogP contribution in [0.25, 0.3) is 10.8 Å². The van der Waals surface area contributed by atoms with Gasteiger partial charge in [-0.2, -0.15) is 0 Å². The fraction of sp³-hybridized carbons (Fsp3) is 0.200. The molecule has 0 atom stereocenters. The van der Waals surface area contributed by atoms with E-state index >= 15 is 0 Å². The van der Waals surface area contributed by atoms with E-state index < -0.39 is 5.97 Å². The third-order valence-corrected chi connectivity index (χ3v) is 2.98. The first-order valence-corrected chi connectivity index (χ1v) is 6.30. The largest absolute Gasteiger partial charge is 0.506 e. The second kappa shape index (κ2) is 6.16. The fourth-order valence-corrected chi connectivity index (χ4v) is 1.93. The van der Waals surface area contributed by atoms with Crippen LogP contribution in [-0.2, 0) is 4.79 Å². The number of carboxylic acid groups (broad SMARTS) is 1. The lowest BCUT2D eigenvalue weighted by atomic mass is 10.1.